The predicted octanol–water partition coefficient (Wildman–Crippen LogP) is -1.52. The molecule has 0 rings (SSSR count). The Kier molecular flexibility index (Phi) is 4.08. The summed E-state index contributed by atoms with van der Waals surface area (Å²) in [5.41, 5.74) is 0. The van der Waals surface area contributed by atoms with Crippen LogP contribution in [0.3, 0.4) is 0 Å². The molecule has 0 fully saturated rings. The molecule has 0 aromatic heterocycles. The summed E-state index contributed by atoms with van der Waals surface area (Å²) in [5.74, 6) is 8.32. The first-order valence-electron chi connectivity index (χ1n) is 2.82. The molecule has 7 nitrogen and oxygen atoms in total. The Bertz CT molecular complexity index is 157. The van der Waals surface area contributed by atoms with E-state index in [0.29, 0.717) is 0 Å². The van der Waals surface area contributed by atoms with Crippen molar-refractivity contribution in [2.45, 2.75) is 19.1 Å². The normalized spacial score (nSPS) is 16.3. The molecule has 0 bridgehead atoms. The highest BCUT2D eigenvalue weighted by Gasteiger charge is 2.24. The third kappa shape index (κ3) is 2.92. The quantitative estimate of drug-likeness (QED) is 0.264. The van der Waals surface area contributed by atoms with Crippen LogP contribution in [-0.4, -0.2) is 23.2 Å². The van der Waals surface area contributed by atoms with E-state index in [0.717, 1.165) is 0 Å². The Hall–Kier alpha value is -1.21. The average Bonchev–Trinajstić information content (AvgIpc) is 1.98. The zero-order valence-electron chi connectivity index (χ0n) is 5.97. The summed E-state index contributed by atoms with van der Waals surface area (Å²) in [6.07, 6.45) is -1.03. The minimum atomic E-state index is -1.15. The van der Waals surface area contributed by atoms with Gasteiger partial charge in [-0.2, -0.15) is 11.0 Å². The molecule has 0 aliphatic rings. The lowest BCUT2D eigenvalue weighted by atomic mass is 10.2. The number of nitrogens with two attached hydrogens (primary N) is 2. The lowest BCUT2D eigenvalue weighted by Gasteiger charge is -2.09. The number of aliphatic hydroxyl groups excluding tert-OH is 1. The van der Waals surface area contributed by atoms with Crippen molar-refractivity contribution in [2.75, 3.05) is 0 Å². The van der Waals surface area contributed by atoms with E-state index in [4.69, 9.17) is 5.11 Å². The van der Waals surface area contributed by atoms with E-state index in [1.54, 1.807) is 0 Å². The first-order valence-corrected chi connectivity index (χ1v) is 2.82. The molecule has 0 spiro atoms. The Morgan fingerprint density at radius 1 is 1.73 bits per heavy atom. The average molecular weight is 162 g/mol. The van der Waals surface area contributed by atoms with E-state index in [9.17, 15) is 4.79 Å². The third-order valence-corrected chi connectivity index (χ3v) is 1.01. The lowest BCUT2D eigenvalue weighted by molar-refractivity contribution is -0.148. The molecular weight excluding hydrogens is 152 g/mol. The maximum atomic E-state index is 10.6. The van der Waals surface area contributed by atoms with E-state index in [1.165, 1.54) is 6.92 Å². The molecule has 11 heavy (non-hydrogen) atoms. The molecule has 0 radical (unpaired) electrons. The van der Waals surface area contributed by atoms with Crippen LogP contribution in [0.5, 0.6) is 0 Å². The van der Waals surface area contributed by atoms with Crippen molar-refractivity contribution in [1.82, 2.24) is 0 Å². The first-order chi connectivity index (χ1) is 5.13. The van der Waals surface area contributed by atoms with Crippen LogP contribution in [0.15, 0.2) is 10.3 Å². The first kappa shape index (κ1) is 9.79. The summed E-state index contributed by atoms with van der Waals surface area (Å²) >= 11 is 0. The van der Waals surface area contributed by atoms with Gasteiger partial charge >= 0.3 is 5.97 Å². The minimum Gasteiger partial charge on any atom is -0.390 e. The molecule has 0 aliphatic heterocycles. The number of hydrogen-bond donors (Lipinski definition) is 3. The molecule has 0 saturated heterocycles. The van der Waals surface area contributed by atoms with E-state index < -0.39 is 18.1 Å². The molecule has 0 aromatic carbocycles. The summed E-state index contributed by atoms with van der Waals surface area (Å²) in [6.45, 7) is 1.34. The number of aliphatic hydroxyl groups is 1. The lowest BCUT2D eigenvalue weighted by Crippen LogP contribution is -2.33. The van der Waals surface area contributed by atoms with Crippen LogP contribution in [0.4, 0.5) is 0 Å². The van der Waals surface area contributed by atoms with Gasteiger partial charge in [-0.3, -0.25) is 0 Å². The largest absolute Gasteiger partial charge is 0.390 e. The molecule has 0 saturated carbocycles. The Morgan fingerprint density at radius 2 is 2.27 bits per heavy atom. The highest BCUT2D eigenvalue weighted by atomic mass is 16.7. The zero-order valence-corrected chi connectivity index (χ0v) is 5.97. The summed E-state index contributed by atoms with van der Waals surface area (Å²) in [5, 5.41) is 14.9. The van der Waals surface area contributed by atoms with Crippen LogP contribution < -0.4 is 11.7 Å². The fraction of sp³-hybridized carbons (Fsp3) is 0.750. The molecule has 0 aliphatic carbocycles. The van der Waals surface area contributed by atoms with Crippen molar-refractivity contribution < 1.29 is 14.7 Å². The minimum absolute atomic E-state index is 0.880. The van der Waals surface area contributed by atoms with Crippen molar-refractivity contribution in [2.24, 2.45) is 22.1 Å². The summed E-state index contributed by atoms with van der Waals surface area (Å²) in [7, 11) is 0. The number of hydrogen-bond acceptors (Lipinski definition) is 6. The van der Waals surface area contributed by atoms with Crippen LogP contribution in [0.2, 0.25) is 0 Å². The number of nitrogens with zero attached hydrogens (tertiary/aromatic N) is 2. The van der Waals surface area contributed by atoms with Gasteiger partial charge in [-0.15, -0.1) is 0 Å². The van der Waals surface area contributed by atoms with Crippen LogP contribution in [-0.2, 0) is 9.63 Å². The van der Waals surface area contributed by atoms with E-state index in [2.05, 4.69) is 26.9 Å². The number of rotatable bonds is 3. The summed E-state index contributed by atoms with van der Waals surface area (Å²) in [6, 6.07) is -1.15. The highest BCUT2D eigenvalue weighted by Crippen LogP contribution is 1.99. The SMILES string of the molecule is C[C@@H](O)[C@H](N=NN)C(=O)ON. The molecular formula is C4H10N4O3. The van der Waals surface area contributed by atoms with Gasteiger partial charge in [0.1, 0.15) is 0 Å². The molecule has 0 heterocycles. The van der Waals surface area contributed by atoms with E-state index in [1.807, 2.05) is 0 Å². The fourth-order valence-corrected chi connectivity index (χ4v) is 0.482. The van der Waals surface area contributed by atoms with Gasteiger partial charge in [0.05, 0.1) is 6.10 Å². The molecule has 0 aromatic rings. The van der Waals surface area contributed by atoms with Gasteiger partial charge in [-0.1, -0.05) is 5.22 Å². The number of carbonyl (C=O) groups excluding carboxylic acids is 1. The zero-order chi connectivity index (χ0) is 8.85. The summed E-state index contributed by atoms with van der Waals surface area (Å²) in [4.78, 5) is 14.4. The Balaban J connectivity index is 4.21. The number of carbonyl (C=O) groups is 1. The fourth-order valence-electron chi connectivity index (χ4n) is 0.482. The smallest absolute Gasteiger partial charge is 0.354 e. The second-order valence-electron chi connectivity index (χ2n) is 1.85. The van der Waals surface area contributed by atoms with Crippen LogP contribution in [0, 0.1) is 0 Å². The van der Waals surface area contributed by atoms with Gasteiger partial charge in [0.15, 0.2) is 6.04 Å². The van der Waals surface area contributed by atoms with Gasteiger partial charge < -0.3 is 15.8 Å². The second kappa shape index (κ2) is 4.58. The van der Waals surface area contributed by atoms with Crippen molar-refractivity contribution in [3.8, 4) is 0 Å². The molecule has 7 heteroatoms. The molecule has 2 atom stereocenters. The standard InChI is InChI=1S/C4H10N4O3/c1-2(9)3(7-8-5)4(10)11-6/h2-3,9H,6H2,1H3,(H2,5,7)/t2-,3+/m1/s1. The van der Waals surface area contributed by atoms with Gasteiger partial charge in [0.2, 0.25) is 0 Å². The molecule has 0 amide bonds. The molecule has 5 N–H and O–H groups in total. The van der Waals surface area contributed by atoms with E-state index in [-0.39, 0.29) is 0 Å². The maximum absolute atomic E-state index is 10.6. The second-order valence-corrected chi connectivity index (χ2v) is 1.85. The van der Waals surface area contributed by atoms with Crippen LogP contribution in [0.1, 0.15) is 6.92 Å². The van der Waals surface area contributed by atoms with Crippen molar-refractivity contribution in [3.63, 3.8) is 0 Å². The molecule has 64 valence electrons. The maximum Gasteiger partial charge on any atom is 0.354 e. The van der Waals surface area contributed by atoms with Crippen molar-refractivity contribution >= 4 is 5.97 Å². The van der Waals surface area contributed by atoms with E-state index >= 15 is 0 Å². The van der Waals surface area contributed by atoms with Gasteiger partial charge in [0, 0.05) is 0 Å². The Morgan fingerprint density at radius 3 is 2.55 bits per heavy atom. The predicted molar refractivity (Wildman–Crippen MR) is 34.8 cm³/mol. The van der Waals surface area contributed by atoms with Crippen molar-refractivity contribution in [1.29, 1.82) is 0 Å². The van der Waals surface area contributed by atoms with Crippen molar-refractivity contribution in [3.05, 3.63) is 0 Å². The molecule has 0 unspecified atom stereocenters. The Labute approximate surface area is 63.0 Å². The van der Waals surface area contributed by atoms with Gasteiger partial charge in [0.25, 0.3) is 0 Å². The monoisotopic (exact) mass is 162 g/mol. The van der Waals surface area contributed by atoms with Gasteiger partial charge in [-0.25, -0.2) is 4.79 Å². The van der Waals surface area contributed by atoms with Crippen LogP contribution >= 0.6 is 0 Å². The summed E-state index contributed by atoms with van der Waals surface area (Å²) < 4.78 is 0. The van der Waals surface area contributed by atoms with Gasteiger partial charge in [-0.05, 0) is 6.92 Å². The van der Waals surface area contributed by atoms with Crippen LogP contribution in [0.25, 0.3) is 0 Å². The topological polar surface area (TPSA) is 123 Å². The third-order valence-electron chi connectivity index (χ3n) is 1.01. The highest BCUT2D eigenvalue weighted by molar-refractivity contribution is 5.76.